The van der Waals surface area contributed by atoms with Gasteiger partial charge >= 0.3 is 23.9 Å². The van der Waals surface area contributed by atoms with Gasteiger partial charge in [-0.2, -0.15) is 0 Å². The second-order valence-electron chi connectivity index (χ2n) is 35.7. The molecule has 0 spiro atoms. The second-order valence-corrected chi connectivity index (χ2v) is 35.7. The molecular formula is C87H141N19O29. The third-order valence-electron chi connectivity index (χ3n) is 21.8. The van der Waals surface area contributed by atoms with E-state index in [0.717, 1.165) is 6.92 Å². The zero-order valence-corrected chi connectivity index (χ0v) is 79.6. The fourth-order valence-corrected chi connectivity index (χ4v) is 13.9. The lowest BCUT2D eigenvalue weighted by molar-refractivity contribution is -0.144. The molecule has 18 amide bonds. The summed E-state index contributed by atoms with van der Waals surface area (Å²) in [6.45, 7) is 25.2. The van der Waals surface area contributed by atoms with Gasteiger partial charge in [0, 0.05) is 13.0 Å². The molecule has 1 aliphatic heterocycles. The van der Waals surface area contributed by atoms with E-state index in [1.807, 2.05) is 0 Å². The van der Waals surface area contributed by atoms with E-state index in [1.165, 1.54) is 53.4 Å². The van der Waals surface area contributed by atoms with Crippen molar-refractivity contribution in [3.63, 3.8) is 0 Å². The third-order valence-corrected chi connectivity index (χ3v) is 21.8. The Kier molecular flexibility index (Phi) is 50.8. The van der Waals surface area contributed by atoms with Gasteiger partial charge in [0.15, 0.2) is 0 Å². The molecule has 1 saturated heterocycles. The molecule has 26 N–H and O–H groups in total. The van der Waals surface area contributed by atoms with Crippen molar-refractivity contribution >= 4 is 130 Å². The lowest BCUT2D eigenvalue weighted by Crippen LogP contribution is -2.63. The van der Waals surface area contributed by atoms with Crippen LogP contribution in [0.15, 0.2) is 30.3 Å². The minimum absolute atomic E-state index is 0.00412. The van der Waals surface area contributed by atoms with Crippen LogP contribution in [0.25, 0.3) is 0 Å². The molecule has 1 heterocycles. The molecule has 0 aromatic heterocycles. The van der Waals surface area contributed by atoms with Crippen LogP contribution in [0.3, 0.4) is 0 Å². The van der Waals surface area contributed by atoms with E-state index in [4.69, 9.17) is 10.8 Å². The summed E-state index contributed by atoms with van der Waals surface area (Å²) >= 11 is 0. The number of nitrogens with zero attached hydrogens (tertiary/aromatic N) is 1. The monoisotopic (exact) mass is 1920 g/mol. The molecule has 1 fully saturated rings. The van der Waals surface area contributed by atoms with E-state index >= 15 is 0 Å². The number of nitrogens with two attached hydrogens (primary N) is 1. The number of carbonyl (C=O) groups excluding carboxylic acids is 18. The van der Waals surface area contributed by atoms with E-state index in [1.54, 1.807) is 99.6 Å². The highest BCUT2D eigenvalue weighted by molar-refractivity contribution is 6.02. The summed E-state index contributed by atoms with van der Waals surface area (Å²) in [5.41, 5.74) is 6.13. The van der Waals surface area contributed by atoms with Crippen molar-refractivity contribution < 1.29 is 141 Å². The van der Waals surface area contributed by atoms with Crippen LogP contribution in [-0.4, -0.2) is 312 Å². The van der Waals surface area contributed by atoms with E-state index in [0.29, 0.717) is 12.0 Å². The number of hydrogen-bond acceptors (Lipinski definition) is 26. The number of rotatable bonds is 59. The summed E-state index contributed by atoms with van der Waals surface area (Å²) in [4.78, 5) is 297. The van der Waals surface area contributed by atoms with Crippen LogP contribution in [0.5, 0.6) is 0 Å². The molecule has 758 valence electrons. The summed E-state index contributed by atoms with van der Waals surface area (Å²) in [6, 6.07) is -19.9. The number of aliphatic hydroxyl groups excluding tert-OH is 3. The first-order valence-corrected chi connectivity index (χ1v) is 45.0. The highest BCUT2D eigenvalue weighted by Gasteiger charge is 2.43. The van der Waals surface area contributed by atoms with Crippen LogP contribution in [0.1, 0.15) is 201 Å². The number of aliphatic hydroxyl groups is 3. The molecule has 0 bridgehead atoms. The summed E-state index contributed by atoms with van der Waals surface area (Å²) in [5, 5.41) is 111. The maximum Gasteiger partial charge on any atom is 0.326 e. The number of aliphatic carboxylic acids is 4. The maximum absolute atomic E-state index is 14.4. The summed E-state index contributed by atoms with van der Waals surface area (Å²) in [6.07, 6.45) is -6.04. The molecule has 135 heavy (non-hydrogen) atoms. The lowest BCUT2D eigenvalue weighted by atomic mass is 9.94. The molecule has 48 heteroatoms. The van der Waals surface area contributed by atoms with Crippen LogP contribution in [0.4, 0.5) is 0 Å². The van der Waals surface area contributed by atoms with Gasteiger partial charge < -0.3 is 137 Å². The van der Waals surface area contributed by atoms with Crippen molar-refractivity contribution in [2.24, 2.45) is 41.2 Å². The highest BCUT2D eigenvalue weighted by Crippen LogP contribution is 2.21. The number of carboxylic acids is 4. The van der Waals surface area contributed by atoms with Crippen LogP contribution in [0, 0.1) is 35.5 Å². The summed E-state index contributed by atoms with van der Waals surface area (Å²) in [5.74, 6) is -27.2. The minimum atomic E-state index is -2.03. The van der Waals surface area contributed by atoms with E-state index in [-0.39, 0.29) is 81.6 Å². The van der Waals surface area contributed by atoms with Crippen molar-refractivity contribution in [3.05, 3.63) is 35.9 Å². The van der Waals surface area contributed by atoms with Crippen molar-refractivity contribution in [2.45, 2.75) is 323 Å². The van der Waals surface area contributed by atoms with Gasteiger partial charge in [-0.15, -0.1) is 0 Å². The van der Waals surface area contributed by atoms with Crippen LogP contribution in [0.2, 0.25) is 0 Å². The Hall–Kier alpha value is -12.6. The largest absolute Gasteiger partial charge is 0.481 e. The Morgan fingerprint density at radius 1 is 0.363 bits per heavy atom. The Bertz CT molecular complexity index is 4290. The molecule has 0 unspecified atom stereocenters. The van der Waals surface area contributed by atoms with Crippen molar-refractivity contribution in [1.29, 1.82) is 0 Å². The summed E-state index contributed by atoms with van der Waals surface area (Å²) in [7, 11) is 0. The molecule has 0 aliphatic carbocycles. The zero-order valence-electron chi connectivity index (χ0n) is 79.6. The molecule has 48 nitrogen and oxygen atoms in total. The van der Waals surface area contributed by atoms with Gasteiger partial charge in [-0.3, -0.25) is 101 Å². The molecule has 1 aliphatic rings. The van der Waals surface area contributed by atoms with Gasteiger partial charge in [0.05, 0.1) is 50.7 Å². The first-order chi connectivity index (χ1) is 62.9. The quantitative estimate of drug-likeness (QED) is 0.0289. The minimum Gasteiger partial charge on any atom is -0.481 e. The fourth-order valence-electron chi connectivity index (χ4n) is 13.9. The van der Waals surface area contributed by atoms with Crippen LogP contribution < -0.4 is 96.1 Å². The number of nitrogens with one attached hydrogen (secondary N) is 17. The van der Waals surface area contributed by atoms with E-state index < -0.39 is 295 Å². The predicted octanol–water partition coefficient (Wildman–Crippen LogP) is -5.96. The molecule has 22 atom stereocenters. The van der Waals surface area contributed by atoms with E-state index in [2.05, 4.69) is 90.4 Å². The average Bonchev–Trinajstić information content (AvgIpc) is 1.80. The highest BCUT2D eigenvalue weighted by atomic mass is 16.4. The zero-order chi connectivity index (χ0) is 103. The Labute approximate surface area is 783 Å². The van der Waals surface area contributed by atoms with Crippen LogP contribution in [-0.2, 0) is 112 Å². The molecule has 1 aromatic carbocycles. The predicted molar refractivity (Wildman–Crippen MR) is 481 cm³/mol. The van der Waals surface area contributed by atoms with Crippen molar-refractivity contribution in [3.8, 4) is 0 Å². The van der Waals surface area contributed by atoms with Gasteiger partial charge in [-0.25, -0.2) is 4.79 Å². The molecular weight excluding hydrogens is 1780 g/mol. The third kappa shape index (κ3) is 41.4. The topological polar surface area (TPSA) is 751 Å². The number of benzene rings is 1. The van der Waals surface area contributed by atoms with Gasteiger partial charge in [-0.05, 0) is 121 Å². The van der Waals surface area contributed by atoms with Gasteiger partial charge in [0.2, 0.25) is 106 Å². The average molecular weight is 1920 g/mol. The normalized spacial score (nSPS) is 17.1. The SMILES string of the molecule is CC[C@H](C)[C@H](NC(=O)[C@@H](NC(=O)[C@H](CC(=O)O)NC(=O)CNC(=O)[C@H](C)NC(=O)[C@H](C)NC(=O)[C@@H]1CCCN1C(=O)[C@H](C)NC(=O)[C@H](CC(C)C)NC(=O)[C@H](CC(C)C)NC(=O)[C@@H](NC(=O)[C@H](CC(C)C)NC(=O)[C@H](C)NC(=O)[C@@H](N)CC(=O)O)[C@@H](C)O)[C@@H](C)O)C(=O)N[C@H](C(=O)N[C@@H](CO)C(=O)N[C@@H](CC(C)C)C(=O)N[C@@H](CC(=O)O)C(=O)N[C@@H](Cc1ccccc1)C(=O)O)[C@@H](C)CC. The standard InChI is InChI=1S/C87H141N19O29/c1-19-43(11)66(82(129)101-60(38-107)80(127)97-54(30-40(5)6)75(122)98-58(36-65(115)116)77(124)100-59(87(134)135)33-51-25-22-21-23-26-51)102-83(130)67(44(12)20-2)103-85(132)69(50(18)109)105-79(126)57(35-64(113)114)94-62(110)37-89-70(117)45(13)90-71(118)46(14)92-81(128)61-27-24-28-106(61)86(133)48(16)93-74(121)53(29-39(3)4)96-76(123)55(31-41(7)8)99-84(131)68(49(17)108)104-78(125)56(32-42(9)10)95-72(119)47(15)91-73(120)52(88)34-63(111)112/h21-23,25-26,39-50,52-61,66-69,107-109H,19-20,24,27-38,88H2,1-18H3,(H,89,117)(H,90,118)(H,91,120)(H,92,128)(H,93,121)(H,94,110)(H,95,119)(H,96,123)(H,97,127)(H,98,122)(H,99,131)(H,100,124)(H,101,129)(H,102,130)(H,103,132)(H,104,125)(H,105,126)(H,111,112)(H,113,114)(H,115,116)(H,134,135)/t43-,44-,45-,46-,47-,48-,49+,50+,52-,53-,54-,55-,56-,57-,58-,59-,60-,61-,66-,67-,68-,69-/m0/s1. The smallest absolute Gasteiger partial charge is 0.326 e. The number of hydrogen-bond donors (Lipinski definition) is 25. The molecule has 1 aromatic rings. The molecule has 0 radical (unpaired) electrons. The number of likely N-dealkylation sites (tertiary alicyclic amines) is 1. The summed E-state index contributed by atoms with van der Waals surface area (Å²) < 4.78 is 0. The number of carboxylic acid groups (broad SMARTS) is 4. The Morgan fingerprint density at radius 2 is 0.689 bits per heavy atom. The fraction of sp³-hybridized carbons (Fsp3) is 0.678. The second kappa shape index (κ2) is 57.9. The number of carbonyl (C=O) groups is 22. The van der Waals surface area contributed by atoms with Crippen molar-refractivity contribution in [1.82, 2.24) is 95.3 Å². The number of amides is 18. The van der Waals surface area contributed by atoms with Gasteiger partial charge in [0.25, 0.3) is 0 Å². The molecule has 2 rings (SSSR count). The van der Waals surface area contributed by atoms with Crippen LogP contribution >= 0.6 is 0 Å². The van der Waals surface area contributed by atoms with Gasteiger partial charge in [-0.1, -0.05) is 126 Å². The lowest BCUT2D eigenvalue weighted by Gasteiger charge is -2.31. The first kappa shape index (κ1) is 118. The maximum atomic E-state index is 14.4. The van der Waals surface area contributed by atoms with E-state index in [9.17, 15) is 136 Å². The Morgan fingerprint density at radius 3 is 1.12 bits per heavy atom. The first-order valence-electron chi connectivity index (χ1n) is 45.0. The van der Waals surface area contributed by atoms with Crippen molar-refractivity contribution in [2.75, 3.05) is 19.7 Å². The molecule has 0 saturated carbocycles. The van der Waals surface area contributed by atoms with Gasteiger partial charge in [0.1, 0.15) is 103 Å². The Balaban J connectivity index is 2.19.